The Morgan fingerprint density at radius 1 is 1.28 bits per heavy atom. The number of piperazine rings is 1. The molecule has 1 fully saturated rings. The fourth-order valence-corrected chi connectivity index (χ4v) is 2.05. The molecule has 4 nitrogen and oxygen atoms in total. The number of nitrogens with two attached hydrogens (primary N) is 1. The Balaban J connectivity index is 2.37. The number of hydrogen-bond donors (Lipinski definition) is 1. The van der Waals surface area contributed by atoms with E-state index in [4.69, 9.17) is 5.73 Å². The lowest BCUT2D eigenvalue weighted by Crippen LogP contribution is -2.54. The van der Waals surface area contributed by atoms with E-state index in [-0.39, 0.29) is 19.0 Å². The smallest absolute Gasteiger partial charge is 0.339 e. The van der Waals surface area contributed by atoms with Gasteiger partial charge in [0.1, 0.15) is 0 Å². The zero-order chi connectivity index (χ0) is 13.8. The van der Waals surface area contributed by atoms with Gasteiger partial charge in [-0.15, -0.1) is 0 Å². The predicted molar refractivity (Wildman–Crippen MR) is 62.0 cm³/mol. The van der Waals surface area contributed by atoms with Crippen LogP contribution in [0, 0.1) is 0 Å². The summed E-state index contributed by atoms with van der Waals surface area (Å²) in [5, 5.41) is 0. The predicted octanol–water partition coefficient (Wildman–Crippen LogP) is 0.820. The lowest BCUT2D eigenvalue weighted by molar-refractivity contribution is -0.152. The molecule has 1 saturated heterocycles. The average Bonchev–Trinajstić information content (AvgIpc) is 2.27. The van der Waals surface area contributed by atoms with E-state index in [9.17, 15) is 18.0 Å². The molecule has 18 heavy (non-hydrogen) atoms. The molecular formula is C11H20F3N3O. The number of hydrogen-bond acceptors (Lipinski definition) is 3. The highest BCUT2D eigenvalue weighted by molar-refractivity contribution is 5.81. The number of carbonyl (C=O) groups excluding carboxylic acids is 1. The third kappa shape index (κ3) is 4.81. The van der Waals surface area contributed by atoms with Crippen LogP contribution >= 0.6 is 0 Å². The molecule has 0 aliphatic carbocycles. The third-order valence-electron chi connectivity index (χ3n) is 3.00. The van der Waals surface area contributed by atoms with Gasteiger partial charge in [0.15, 0.2) is 0 Å². The van der Waals surface area contributed by atoms with Crippen molar-refractivity contribution >= 4 is 5.91 Å². The first kappa shape index (κ1) is 15.2. The monoisotopic (exact) mass is 267 g/mol. The van der Waals surface area contributed by atoms with Crippen molar-refractivity contribution in [2.75, 3.05) is 32.7 Å². The van der Waals surface area contributed by atoms with Gasteiger partial charge in [-0.25, -0.2) is 0 Å². The third-order valence-corrected chi connectivity index (χ3v) is 3.00. The Kier molecular flexibility index (Phi) is 5.40. The van der Waals surface area contributed by atoms with E-state index in [1.807, 2.05) is 6.92 Å². The Hall–Kier alpha value is -0.820. The van der Waals surface area contributed by atoms with E-state index in [0.29, 0.717) is 19.5 Å². The van der Waals surface area contributed by atoms with Crippen LogP contribution in [0.5, 0.6) is 0 Å². The molecule has 0 spiro atoms. The van der Waals surface area contributed by atoms with E-state index in [1.54, 1.807) is 4.90 Å². The van der Waals surface area contributed by atoms with E-state index in [1.165, 1.54) is 4.90 Å². The molecule has 1 atom stereocenters. The van der Waals surface area contributed by atoms with Gasteiger partial charge >= 0.3 is 6.18 Å². The SMILES string of the molecule is CCC[C@H](N)C(=O)N1CCN(CC(F)(F)F)CC1. The summed E-state index contributed by atoms with van der Waals surface area (Å²) in [6.45, 7) is 2.19. The second-order valence-electron chi connectivity index (χ2n) is 4.61. The number of rotatable bonds is 4. The van der Waals surface area contributed by atoms with Crippen molar-refractivity contribution in [3.05, 3.63) is 0 Å². The van der Waals surface area contributed by atoms with Crippen LogP contribution in [0.15, 0.2) is 0 Å². The molecule has 1 aliphatic heterocycles. The highest BCUT2D eigenvalue weighted by Crippen LogP contribution is 2.17. The number of halogens is 3. The summed E-state index contributed by atoms with van der Waals surface area (Å²) in [6, 6.07) is -0.524. The van der Waals surface area contributed by atoms with Crippen LogP contribution in [0.25, 0.3) is 0 Å². The Bertz CT molecular complexity index is 275. The number of carbonyl (C=O) groups is 1. The molecule has 1 rings (SSSR count). The summed E-state index contributed by atoms with van der Waals surface area (Å²) in [7, 11) is 0. The zero-order valence-corrected chi connectivity index (χ0v) is 10.5. The lowest BCUT2D eigenvalue weighted by Gasteiger charge is -2.36. The van der Waals surface area contributed by atoms with E-state index in [2.05, 4.69) is 0 Å². The van der Waals surface area contributed by atoms with Gasteiger partial charge in [-0.3, -0.25) is 9.69 Å². The first-order chi connectivity index (χ1) is 8.33. The molecule has 0 unspecified atom stereocenters. The molecule has 0 bridgehead atoms. The van der Waals surface area contributed by atoms with Crippen LogP contribution in [0.3, 0.4) is 0 Å². The average molecular weight is 267 g/mol. The van der Waals surface area contributed by atoms with Gasteiger partial charge in [-0.05, 0) is 6.42 Å². The van der Waals surface area contributed by atoms with E-state index < -0.39 is 18.8 Å². The zero-order valence-electron chi connectivity index (χ0n) is 10.5. The molecular weight excluding hydrogens is 247 g/mol. The molecule has 1 heterocycles. The molecule has 0 radical (unpaired) electrons. The number of amides is 1. The molecule has 0 aromatic heterocycles. The maximum Gasteiger partial charge on any atom is 0.401 e. The van der Waals surface area contributed by atoms with Crippen LogP contribution in [0.4, 0.5) is 13.2 Å². The highest BCUT2D eigenvalue weighted by atomic mass is 19.4. The number of alkyl halides is 3. The van der Waals surface area contributed by atoms with Crippen molar-refractivity contribution in [1.29, 1.82) is 0 Å². The molecule has 1 amide bonds. The van der Waals surface area contributed by atoms with Crippen LogP contribution in [0.2, 0.25) is 0 Å². The fourth-order valence-electron chi connectivity index (χ4n) is 2.05. The first-order valence-corrected chi connectivity index (χ1v) is 6.17. The molecule has 7 heteroatoms. The van der Waals surface area contributed by atoms with Crippen molar-refractivity contribution in [3.8, 4) is 0 Å². The van der Waals surface area contributed by atoms with Gasteiger partial charge in [-0.1, -0.05) is 13.3 Å². The normalized spacial score (nSPS) is 19.9. The maximum atomic E-state index is 12.2. The topological polar surface area (TPSA) is 49.6 Å². The molecule has 0 saturated carbocycles. The second-order valence-corrected chi connectivity index (χ2v) is 4.61. The Labute approximate surface area is 105 Å². The minimum atomic E-state index is -4.18. The Morgan fingerprint density at radius 2 is 1.83 bits per heavy atom. The van der Waals surface area contributed by atoms with Crippen molar-refractivity contribution in [1.82, 2.24) is 9.80 Å². The van der Waals surface area contributed by atoms with Gasteiger partial charge in [0.25, 0.3) is 0 Å². The molecule has 0 aromatic carbocycles. The molecule has 2 N–H and O–H groups in total. The Morgan fingerprint density at radius 3 is 2.28 bits per heavy atom. The van der Waals surface area contributed by atoms with Crippen molar-refractivity contribution in [2.24, 2.45) is 5.73 Å². The fraction of sp³-hybridized carbons (Fsp3) is 0.909. The van der Waals surface area contributed by atoms with Gasteiger partial charge < -0.3 is 10.6 Å². The van der Waals surface area contributed by atoms with Crippen molar-refractivity contribution in [3.63, 3.8) is 0 Å². The standard InChI is InChI=1S/C11H20F3N3O/c1-2-3-9(15)10(18)17-6-4-16(5-7-17)8-11(12,13)14/h9H,2-8,15H2,1H3/t9-/m0/s1. The molecule has 1 aliphatic rings. The minimum absolute atomic E-state index is 0.150. The molecule has 106 valence electrons. The van der Waals surface area contributed by atoms with Crippen molar-refractivity contribution < 1.29 is 18.0 Å². The summed E-state index contributed by atoms with van der Waals surface area (Å²) in [5.74, 6) is -0.150. The summed E-state index contributed by atoms with van der Waals surface area (Å²) < 4.78 is 36.5. The van der Waals surface area contributed by atoms with Gasteiger partial charge in [0.05, 0.1) is 12.6 Å². The van der Waals surface area contributed by atoms with Gasteiger partial charge in [-0.2, -0.15) is 13.2 Å². The highest BCUT2D eigenvalue weighted by Gasteiger charge is 2.33. The minimum Gasteiger partial charge on any atom is -0.339 e. The number of nitrogens with zero attached hydrogens (tertiary/aromatic N) is 2. The van der Waals surface area contributed by atoms with Gasteiger partial charge in [0.2, 0.25) is 5.91 Å². The largest absolute Gasteiger partial charge is 0.401 e. The summed E-state index contributed by atoms with van der Waals surface area (Å²) in [5.41, 5.74) is 5.71. The van der Waals surface area contributed by atoms with Crippen LogP contribution in [0.1, 0.15) is 19.8 Å². The quantitative estimate of drug-likeness (QED) is 0.820. The van der Waals surface area contributed by atoms with Gasteiger partial charge in [0, 0.05) is 26.2 Å². The van der Waals surface area contributed by atoms with Crippen LogP contribution in [-0.4, -0.2) is 60.6 Å². The summed E-state index contributed by atoms with van der Waals surface area (Å²) >= 11 is 0. The lowest BCUT2D eigenvalue weighted by atomic mass is 10.1. The summed E-state index contributed by atoms with van der Waals surface area (Å²) in [6.07, 6.45) is -2.74. The maximum absolute atomic E-state index is 12.2. The van der Waals surface area contributed by atoms with E-state index >= 15 is 0 Å². The van der Waals surface area contributed by atoms with Crippen LogP contribution in [-0.2, 0) is 4.79 Å². The van der Waals surface area contributed by atoms with E-state index in [0.717, 1.165) is 6.42 Å². The molecule has 0 aromatic rings. The second kappa shape index (κ2) is 6.38. The van der Waals surface area contributed by atoms with Crippen LogP contribution < -0.4 is 5.73 Å². The van der Waals surface area contributed by atoms with Crippen molar-refractivity contribution in [2.45, 2.75) is 32.0 Å². The first-order valence-electron chi connectivity index (χ1n) is 6.17. The summed E-state index contributed by atoms with van der Waals surface area (Å²) in [4.78, 5) is 14.7.